The van der Waals surface area contributed by atoms with Gasteiger partial charge in [-0.1, -0.05) is 22.0 Å². The molecule has 1 fully saturated rings. The van der Waals surface area contributed by atoms with Crippen molar-refractivity contribution in [2.24, 2.45) is 0 Å². The van der Waals surface area contributed by atoms with E-state index in [1.807, 2.05) is 12.1 Å². The summed E-state index contributed by atoms with van der Waals surface area (Å²) < 4.78 is 14.5. The number of piperidine rings is 1. The summed E-state index contributed by atoms with van der Waals surface area (Å²) in [6.07, 6.45) is 2.30. The highest BCUT2D eigenvalue weighted by Crippen LogP contribution is 2.17. The summed E-state index contributed by atoms with van der Waals surface area (Å²) in [6, 6.07) is 6.40. The highest BCUT2D eigenvalue weighted by atomic mass is 79.9. The molecule has 2 rings (SSSR count). The summed E-state index contributed by atoms with van der Waals surface area (Å²) in [5.74, 6) is -0.138. The van der Waals surface area contributed by atoms with Crippen LogP contribution in [0.3, 0.4) is 0 Å². The van der Waals surface area contributed by atoms with Crippen molar-refractivity contribution in [3.05, 3.63) is 34.1 Å². The second kappa shape index (κ2) is 6.82. The van der Waals surface area contributed by atoms with Crippen molar-refractivity contribution in [2.75, 3.05) is 13.1 Å². The normalized spacial score (nSPS) is 18.2. The smallest absolute Gasteiger partial charge is 0.128 e. The molecule has 0 saturated carbocycles. The van der Waals surface area contributed by atoms with E-state index in [-0.39, 0.29) is 5.82 Å². The molecule has 0 bridgehead atoms. The third-order valence-corrected chi connectivity index (χ3v) is 4.35. The summed E-state index contributed by atoms with van der Waals surface area (Å²) in [5, 5.41) is 3.48. The zero-order valence-electron chi connectivity index (χ0n) is 11.6. The summed E-state index contributed by atoms with van der Waals surface area (Å²) in [7, 11) is 0. The molecule has 4 heteroatoms. The molecule has 0 spiro atoms. The van der Waals surface area contributed by atoms with Crippen LogP contribution in [0.1, 0.15) is 32.3 Å². The Morgan fingerprint density at radius 3 is 2.63 bits per heavy atom. The van der Waals surface area contributed by atoms with E-state index in [0.717, 1.165) is 36.0 Å². The Morgan fingerprint density at radius 2 is 2.05 bits per heavy atom. The van der Waals surface area contributed by atoms with E-state index in [9.17, 15) is 4.39 Å². The lowest BCUT2D eigenvalue weighted by Crippen LogP contribution is -2.44. The van der Waals surface area contributed by atoms with Crippen molar-refractivity contribution < 1.29 is 4.39 Å². The van der Waals surface area contributed by atoms with Gasteiger partial charge in [-0.3, -0.25) is 0 Å². The number of nitrogens with one attached hydrogen (secondary N) is 1. The maximum atomic E-state index is 13.7. The first-order valence-corrected chi connectivity index (χ1v) is 7.77. The molecule has 0 aliphatic carbocycles. The lowest BCUT2D eigenvalue weighted by molar-refractivity contribution is 0.160. The molecule has 0 amide bonds. The van der Waals surface area contributed by atoms with Gasteiger partial charge in [-0.2, -0.15) is 0 Å². The molecular weight excluding hydrogens is 307 g/mol. The number of hydrogen-bond acceptors (Lipinski definition) is 2. The Labute approximate surface area is 123 Å². The first-order chi connectivity index (χ1) is 9.06. The zero-order chi connectivity index (χ0) is 13.8. The van der Waals surface area contributed by atoms with Gasteiger partial charge >= 0.3 is 0 Å². The van der Waals surface area contributed by atoms with Crippen LogP contribution in [0.2, 0.25) is 0 Å². The van der Waals surface area contributed by atoms with E-state index >= 15 is 0 Å². The summed E-state index contributed by atoms with van der Waals surface area (Å²) >= 11 is 3.28. The van der Waals surface area contributed by atoms with Crippen molar-refractivity contribution in [3.63, 3.8) is 0 Å². The van der Waals surface area contributed by atoms with Gasteiger partial charge in [0.25, 0.3) is 0 Å². The van der Waals surface area contributed by atoms with Crippen molar-refractivity contribution in [3.8, 4) is 0 Å². The van der Waals surface area contributed by atoms with Gasteiger partial charge in [0.15, 0.2) is 0 Å². The molecule has 106 valence electrons. The van der Waals surface area contributed by atoms with Gasteiger partial charge < -0.3 is 10.2 Å². The predicted octanol–water partition coefficient (Wildman–Crippen LogP) is 3.55. The quantitative estimate of drug-likeness (QED) is 0.909. The largest absolute Gasteiger partial charge is 0.310 e. The minimum absolute atomic E-state index is 0.138. The van der Waals surface area contributed by atoms with Crippen LogP contribution < -0.4 is 5.32 Å². The van der Waals surface area contributed by atoms with Crippen LogP contribution in [0.25, 0.3) is 0 Å². The van der Waals surface area contributed by atoms with Crippen LogP contribution in [0.5, 0.6) is 0 Å². The second-order valence-corrected chi connectivity index (χ2v) is 6.44. The van der Waals surface area contributed by atoms with Crippen LogP contribution in [0.15, 0.2) is 22.7 Å². The Kier molecular flexibility index (Phi) is 5.37. The third kappa shape index (κ3) is 4.26. The molecule has 1 heterocycles. The van der Waals surface area contributed by atoms with Crippen molar-refractivity contribution in [2.45, 2.75) is 45.3 Å². The van der Waals surface area contributed by atoms with Crippen LogP contribution in [-0.4, -0.2) is 30.1 Å². The van der Waals surface area contributed by atoms with Crippen LogP contribution in [0, 0.1) is 5.82 Å². The fourth-order valence-corrected chi connectivity index (χ4v) is 2.87. The van der Waals surface area contributed by atoms with Gasteiger partial charge in [0, 0.05) is 28.7 Å². The average Bonchev–Trinajstić information content (AvgIpc) is 2.38. The second-order valence-electron chi connectivity index (χ2n) is 5.52. The minimum atomic E-state index is -0.138. The molecule has 1 saturated heterocycles. The molecule has 19 heavy (non-hydrogen) atoms. The fourth-order valence-electron chi connectivity index (χ4n) is 2.54. The minimum Gasteiger partial charge on any atom is -0.310 e. The van der Waals surface area contributed by atoms with Crippen molar-refractivity contribution in [1.29, 1.82) is 0 Å². The molecule has 1 aromatic carbocycles. The summed E-state index contributed by atoms with van der Waals surface area (Å²) in [5.41, 5.74) is 0.745. The molecule has 1 aliphatic rings. The molecule has 2 nitrogen and oxygen atoms in total. The molecular formula is C15H22BrFN2. The Bertz CT molecular complexity index is 415. The molecule has 0 atom stereocenters. The molecule has 0 aromatic heterocycles. The molecule has 0 radical (unpaired) electrons. The average molecular weight is 329 g/mol. The van der Waals surface area contributed by atoms with Crippen LogP contribution in [-0.2, 0) is 6.54 Å². The maximum Gasteiger partial charge on any atom is 0.128 e. The lowest BCUT2D eigenvalue weighted by Gasteiger charge is -2.35. The van der Waals surface area contributed by atoms with E-state index in [1.54, 1.807) is 0 Å². The van der Waals surface area contributed by atoms with Crippen molar-refractivity contribution in [1.82, 2.24) is 10.2 Å². The van der Waals surface area contributed by atoms with Gasteiger partial charge in [-0.15, -0.1) is 0 Å². The standard InChI is InChI=1S/C15H22BrFN2/c1-11(2)19-7-5-14(6-8-19)18-10-12-3-4-13(16)9-15(12)17/h3-4,9,11,14,18H,5-8,10H2,1-2H3. The zero-order valence-corrected chi connectivity index (χ0v) is 13.2. The number of likely N-dealkylation sites (tertiary alicyclic amines) is 1. The number of nitrogens with zero attached hydrogens (tertiary/aromatic N) is 1. The summed E-state index contributed by atoms with van der Waals surface area (Å²) in [6.45, 7) is 7.37. The SMILES string of the molecule is CC(C)N1CCC(NCc2ccc(Br)cc2F)CC1. The van der Waals surface area contributed by atoms with Crippen LogP contribution in [0.4, 0.5) is 4.39 Å². The van der Waals surface area contributed by atoms with Gasteiger partial charge in [0.05, 0.1) is 0 Å². The van der Waals surface area contributed by atoms with E-state index < -0.39 is 0 Å². The first-order valence-electron chi connectivity index (χ1n) is 6.97. The van der Waals surface area contributed by atoms with Gasteiger partial charge in [0.2, 0.25) is 0 Å². The molecule has 1 aromatic rings. The van der Waals surface area contributed by atoms with E-state index in [0.29, 0.717) is 18.6 Å². The Morgan fingerprint density at radius 1 is 1.37 bits per heavy atom. The molecule has 1 aliphatic heterocycles. The van der Waals surface area contributed by atoms with Gasteiger partial charge in [-0.25, -0.2) is 4.39 Å². The van der Waals surface area contributed by atoms with Crippen molar-refractivity contribution >= 4 is 15.9 Å². The molecule has 1 N–H and O–H groups in total. The topological polar surface area (TPSA) is 15.3 Å². The maximum absolute atomic E-state index is 13.7. The number of benzene rings is 1. The Balaban J connectivity index is 1.80. The number of rotatable bonds is 4. The predicted molar refractivity (Wildman–Crippen MR) is 80.7 cm³/mol. The third-order valence-electron chi connectivity index (χ3n) is 3.86. The van der Waals surface area contributed by atoms with Gasteiger partial charge in [0.1, 0.15) is 5.82 Å². The Hall–Kier alpha value is -0.450. The number of halogens is 2. The highest BCUT2D eigenvalue weighted by Gasteiger charge is 2.20. The summed E-state index contributed by atoms with van der Waals surface area (Å²) in [4.78, 5) is 2.50. The lowest BCUT2D eigenvalue weighted by atomic mass is 10.0. The van der Waals surface area contributed by atoms with E-state index in [1.165, 1.54) is 6.07 Å². The molecule has 0 unspecified atom stereocenters. The first kappa shape index (κ1) is 14.9. The van der Waals surface area contributed by atoms with E-state index in [4.69, 9.17) is 0 Å². The monoisotopic (exact) mass is 328 g/mol. The van der Waals surface area contributed by atoms with Crippen LogP contribution >= 0.6 is 15.9 Å². The van der Waals surface area contributed by atoms with E-state index in [2.05, 4.69) is 40.0 Å². The highest BCUT2D eigenvalue weighted by molar-refractivity contribution is 9.10. The van der Waals surface area contributed by atoms with Gasteiger partial charge in [-0.05, 0) is 51.9 Å². The fraction of sp³-hybridized carbons (Fsp3) is 0.600. The number of hydrogen-bond donors (Lipinski definition) is 1.